The number of oxazole rings is 1. The topological polar surface area (TPSA) is 55.1 Å². The molecule has 1 N–H and O–H groups in total. The Morgan fingerprint density at radius 3 is 2.48 bits per heavy atom. The Morgan fingerprint density at radius 1 is 1.10 bits per heavy atom. The van der Waals surface area contributed by atoms with Gasteiger partial charge in [-0.25, -0.2) is 9.37 Å². The highest BCUT2D eigenvalue weighted by molar-refractivity contribution is 7.99. The summed E-state index contributed by atoms with van der Waals surface area (Å²) < 4.78 is 18.7. The van der Waals surface area contributed by atoms with Crippen LogP contribution in [0.15, 0.2) is 52.9 Å². The largest absolute Gasteiger partial charge is 0.441 e. The van der Waals surface area contributed by atoms with Crippen molar-refractivity contribution in [2.45, 2.75) is 32.4 Å². The molecule has 4 nitrogen and oxygen atoms in total. The fraction of sp³-hybridized carbons (Fsp3) is 0.304. The maximum absolute atomic E-state index is 12.9. The van der Waals surface area contributed by atoms with Gasteiger partial charge in [0.1, 0.15) is 11.6 Å². The first-order valence-electron chi connectivity index (χ1n) is 9.69. The van der Waals surface area contributed by atoms with Gasteiger partial charge in [0, 0.05) is 17.9 Å². The van der Waals surface area contributed by atoms with Crippen LogP contribution in [0.25, 0.3) is 11.5 Å². The van der Waals surface area contributed by atoms with Crippen molar-refractivity contribution in [1.82, 2.24) is 10.3 Å². The summed E-state index contributed by atoms with van der Waals surface area (Å²) in [6, 6.07) is 14.5. The standard InChI is InChI=1S/C23H25FN2O2S/c1-3-17-4-8-19(9-5-17)23-26-21(16(2)28-23)14-29-15-22(27)25-13-12-18-6-10-20(24)11-7-18/h4-11H,3,12-15H2,1-2H3,(H,25,27). The lowest BCUT2D eigenvalue weighted by molar-refractivity contribution is -0.118. The average Bonchev–Trinajstić information content (AvgIpc) is 3.10. The van der Waals surface area contributed by atoms with Gasteiger partial charge in [-0.05, 0) is 55.2 Å². The van der Waals surface area contributed by atoms with Gasteiger partial charge >= 0.3 is 0 Å². The lowest BCUT2D eigenvalue weighted by atomic mass is 10.1. The van der Waals surface area contributed by atoms with E-state index in [0.717, 1.165) is 29.0 Å². The van der Waals surface area contributed by atoms with Crippen LogP contribution in [0, 0.1) is 12.7 Å². The Labute approximate surface area is 174 Å². The first kappa shape index (κ1) is 21.1. The smallest absolute Gasteiger partial charge is 0.230 e. The molecule has 0 fully saturated rings. The van der Waals surface area contributed by atoms with E-state index in [-0.39, 0.29) is 11.7 Å². The summed E-state index contributed by atoms with van der Waals surface area (Å²) in [5.41, 5.74) is 4.10. The van der Waals surface area contributed by atoms with Gasteiger partial charge in [-0.15, -0.1) is 11.8 Å². The molecule has 152 valence electrons. The highest BCUT2D eigenvalue weighted by Crippen LogP contribution is 2.24. The van der Waals surface area contributed by atoms with E-state index in [2.05, 4.69) is 29.4 Å². The monoisotopic (exact) mass is 412 g/mol. The molecule has 1 heterocycles. The molecule has 1 amide bonds. The van der Waals surface area contributed by atoms with Crippen LogP contribution < -0.4 is 5.32 Å². The van der Waals surface area contributed by atoms with Gasteiger partial charge in [0.2, 0.25) is 11.8 Å². The zero-order valence-electron chi connectivity index (χ0n) is 16.7. The minimum atomic E-state index is -0.251. The molecule has 0 unspecified atom stereocenters. The summed E-state index contributed by atoms with van der Waals surface area (Å²) in [6.45, 7) is 4.56. The molecule has 0 aliphatic rings. The second-order valence-electron chi connectivity index (χ2n) is 6.79. The van der Waals surface area contributed by atoms with Crippen molar-refractivity contribution >= 4 is 17.7 Å². The van der Waals surface area contributed by atoms with Crippen LogP contribution in [0.2, 0.25) is 0 Å². The molecule has 0 bridgehead atoms. The van der Waals surface area contributed by atoms with Crippen molar-refractivity contribution in [1.29, 1.82) is 0 Å². The molecule has 3 rings (SSSR count). The molecular weight excluding hydrogens is 387 g/mol. The van der Waals surface area contributed by atoms with Gasteiger partial charge in [0.15, 0.2) is 0 Å². The number of halogens is 1. The highest BCUT2D eigenvalue weighted by Gasteiger charge is 2.12. The zero-order valence-corrected chi connectivity index (χ0v) is 17.5. The number of carbonyl (C=O) groups is 1. The Kier molecular flexibility index (Phi) is 7.47. The molecule has 29 heavy (non-hydrogen) atoms. The van der Waals surface area contributed by atoms with Crippen molar-refractivity contribution in [2.24, 2.45) is 0 Å². The number of carbonyl (C=O) groups excluding carboxylic acids is 1. The third-order valence-electron chi connectivity index (χ3n) is 4.62. The Balaban J connectivity index is 1.43. The molecule has 3 aromatic rings. The molecule has 0 saturated heterocycles. The Hall–Kier alpha value is -2.60. The molecule has 0 atom stereocenters. The maximum Gasteiger partial charge on any atom is 0.230 e. The Bertz CT molecular complexity index is 937. The van der Waals surface area contributed by atoms with Crippen LogP contribution in [-0.4, -0.2) is 23.2 Å². The molecule has 1 aromatic heterocycles. The second kappa shape index (κ2) is 10.3. The van der Waals surface area contributed by atoms with Crippen molar-refractivity contribution in [2.75, 3.05) is 12.3 Å². The SMILES string of the molecule is CCc1ccc(-c2nc(CSCC(=O)NCCc3ccc(F)cc3)c(C)o2)cc1. The lowest BCUT2D eigenvalue weighted by Crippen LogP contribution is -2.27. The minimum absolute atomic E-state index is 0.0198. The van der Waals surface area contributed by atoms with Gasteiger partial charge in [-0.1, -0.05) is 31.2 Å². The first-order valence-corrected chi connectivity index (χ1v) is 10.8. The number of aryl methyl sites for hydroxylation is 2. The number of nitrogens with zero attached hydrogens (tertiary/aromatic N) is 1. The van der Waals surface area contributed by atoms with E-state index in [0.29, 0.717) is 30.4 Å². The number of rotatable bonds is 9. The predicted octanol–water partition coefficient (Wildman–Crippen LogP) is 4.94. The van der Waals surface area contributed by atoms with E-state index in [4.69, 9.17) is 4.42 Å². The summed E-state index contributed by atoms with van der Waals surface area (Å²) >= 11 is 1.51. The zero-order chi connectivity index (χ0) is 20.6. The molecule has 6 heteroatoms. The summed E-state index contributed by atoms with van der Waals surface area (Å²) in [7, 11) is 0. The fourth-order valence-corrected chi connectivity index (χ4v) is 3.71. The van der Waals surface area contributed by atoms with Gasteiger partial charge in [0.25, 0.3) is 0 Å². The summed E-state index contributed by atoms with van der Waals surface area (Å²) in [6.07, 6.45) is 1.68. The molecule has 0 radical (unpaired) electrons. The first-order chi connectivity index (χ1) is 14.0. The summed E-state index contributed by atoms with van der Waals surface area (Å²) in [4.78, 5) is 16.6. The second-order valence-corrected chi connectivity index (χ2v) is 7.78. The highest BCUT2D eigenvalue weighted by atomic mass is 32.2. The molecule has 0 saturated carbocycles. The van der Waals surface area contributed by atoms with Gasteiger partial charge in [-0.3, -0.25) is 4.79 Å². The Morgan fingerprint density at radius 2 is 1.79 bits per heavy atom. The van der Waals surface area contributed by atoms with Crippen LogP contribution in [-0.2, 0) is 23.4 Å². The predicted molar refractivity (Wildman–Crippen MR) is 115 cm³/mol. The van der Waals surface area contributed by atoms with Gasteiger partial charge < -0.3 is 9.73 Å². The van der Waals surface area contributed by atoms with Crippen LogP contribution in [0.4, 0.5) is 4.39 Å². The van der Waals surface area contributed by atoms with E-state index in [1.165, 1.54) is 29.5 Å². The number of aromatic nitrogens is 1. The fourth-order valence-electron chi connectivity index (χ4n) is 2.86. The number of benzene rings is 2. The third kappa shape index (κ3) is 6.19. The van der Waals surface area contributed by atoms with Crippen LogP contribution >= 0.6 is 11.8 Å². The van der Waals surface area contributed by atoms with Gasteiger partial charge in [0.05, 0.1) is 11.4 Å². The van der Waals surface area contributed by atoms with E-state index in [1.54, 1.807) is 12.1 Å². The van der Waals surface area contributed by atoms with Gasteiger partial charge in [-0.2, -0.15) is 0 Å². The molecule has 0 aliphatic carbocycles. The van der Waals surface area contributed by atoms with E-state index in [9.17, 15) is 9.18 Å². The number of hydrogen-bond donors (Lipinski definition) is 1. The van der Waals surface area contributed by atoms with E-state index >= 15 is 0 Å². The molecule has 2 aromatic carbocycles. The number of amides is 1. The normalized spacial score (nSPS) is 10.9. The third-order valence-corrected chi connectivity index (χ3v) is 5.57. The molecule has 0 spiro atoms. The van der Waals surface area contributed by atoms with Crippen molar-refractivity contribution in [3.8, 4) is 11.5 Å². The number of thioether (sulfide) groups is 1. The molecular formula is C23H25FN2O2S. The average molecular weight is 413 g/mol. The van der Waals surface area contributed by atoms with Crippen LogP contribution in [0.5, 0.6) is 0 Å². The summed E-state index contributed by atoms with van der Waals surface area (Å²) in [5, 5.41) is 2.89. The van der Waals surface area contributed by atoms with Crippen LogP contribution in [0.3, 0.4) is 0 Å². The minimum Gasteiger partial charge on any atom is -0.441 e. The van der Waals surface area contributed by atoms with E-state index in [1.807, 2.05) is 19.1 Å². The van der Waals surface area contributed by atoms with Crippen LogP contribution in [0.1, 0.15) is 29.5 Å². The number of nitrogens with one attached hydrogen (secondary N) is 1. The lowest BCUT2D eigenvalue weighted by Gasteiger charge is -2.05. The quantitative estimate of drug-likeness (QED) is 0.541. The van der Waals surface area contributed by atoms with E-state index < -0.39 is 0 Å². The molecule has 0 aliphatic heterocycles. The summed E-state index contributed by atoms with van der Waals surface area (Å²) in [5.74, 6) is 2.10. The van der Waals surface area contributed by atoms with Crippen molar-refractivity contribution < 1.29 is 13.6 Å². The van der Waals surface area contributed by atoms with Crippen molar-refractivity contribution in [3.05, 3.63) is 76.9 Å². The maximum atomic E-state index is 12.9. The number of hydrogen-bond acceptors (Lipinski definition) is 4. The van der Waals surface area contributed by atoms with Crippen molar-refractivity contribution in [3.63, 3.8) is 0 Å².